The molecule has 1 atom stereocenters. The minimum Gasteiger partial charge on any atom is -0.371 e. The molecule has 2 aromatic rings. The monoisotopic (exact) mass is 283 g/mol. The molecule has 1 aromatic carbocycles. The van der Waals surface area contributed by atoms with Crippen molar-refractivity contribution in [1.82, 2.24) is 9.97 Å². The maximum Gasteiger partial charge on any atom is 0.293 e. The fourth-order valence-corrected chi connectivity index (χ4v) is 2.02. The average Bonchev–Trinajstić information content (AvgIpc) is 2.47. The zero-order valence-electron chi connectivity index (χ0n) is 11.6. The third-order valence-electron chi connectivity index (χ3n) is 3.02. The summed E-state index contributed by atoms with van der Waals surface area (Å²) >= 11 is 0. The van der Waals surface area contributed by atoms with Gasteiger partial charge in [-0.2, -0.15) is 5.26 Å². The second kappa shape index (κ2) is 5.96. The Kier molecular flexibility index (Phi) is 4.09. The van der Waals surface area contributed by atoms with Gasteiger partial charge in [0.05, 0.1) is 34.0 Å². The minimum atomic E-state index is -0.514. The van der Waals surface area contributed by atoms with Crippen LogP contribution in [0.3, 0.4) is 0 Å². The van der Waals surface area contributed by atoms with Gasteiger partial charge >= 0.3 is 0 Å². The molecular formula is C14H13N5O2. The van der Waals surface area contributed by atoms with Gasteiger partial charge in [0.25, 0.3) is 5.69 Å². The molecule has 1 heterocycles. The number of hydrogen-bond acceptors (Lipinski definition) is 6. The van der Waals surface area contributed by atoms with E-state index in [0.29, 0.717) is 5.69 Å². The number of nitriles is 1. The minimum absolute atomic E-state index is 0.137. The normalized spacial score (nSPS) is 11.5. The van der Waals surface area contributed by atoms with Crippen molar-refractivity contribution in [2.75, 3.05) is 5.32 Å². The van der Waals surface area contributed by atoms with Gasteiger partial charge < -0.3 is 5.32 Å². The van der Waals surface area contributed by atoms with Crippen LogP contribution in [0.15, 0.2) is 30.6 Å². The molecule has 106 valence electrons. The van der Waals surface area contributed by atoms with E-state index in [1.54, 1.807) is 12.4 Å². The summed E-state index contributed by atoms with van der Waals surface area (Å²) in [6.07, 6.45) is 3.17. The van der Waals surface area contributed by atoms with Crippen LogP contribution in [0.2, 0.25) is 0 Å². The molecule has 21 heavy (non-hydrogen) atoms. The Balaban J connectivity index is 2.34. The molecule has 7 heteroatoms. The Labute approximate surface area is 121 Å². The van der Waals surface area contributed by atoms with E-state index in [1.165, 1.54) is 18.2 Å². The molecule has 0 bridgehead atoms. The number of rotatable bonds is 4. The highest BCUT2D eigenvalue weighted by Gasteiger charge is 2.18. The summed E-state index contributed by atoms with van der Waals surface area (Å²) in [6, 6.07) is 5.95. The van der Waals surface area contributed by atoms with Crippen LogP contribution in [0.5, 0.6) is 0 Å². The third kappa shape index (κ3) is 3.12. The van der Waals surface area contributed by atoms with Crippen molar-refractivity contribution >= 4 is 11.4 Å². The number of aromatic nitrogens is 2. The molecule has 2 rings (SSSR count). The molecule has 1 unspecified atom stereocenters. The second-order valence-electron chi connectivity index (χ2n) is 4.49. The molecule has 0 aliphatic rings. The third-order valence-corrected chi connectivity index (χ3v) is 3.02. The van der Waals surface area contributed by atoms with E-state index >= 15 is 0 Å². The first-order chi connectivity index (χ1) is 10.0. The van der Waals surface area contributed by atoms with Crippen molar-refractivity contribution in [3.8, 4) is 6.07 Å². The maximum absolute atomic E-state index is 11.1. The zero-order valence-corrected chi connectivity index (χ0v) is 11.6. The number of aryl methyl sites for hydroxylation is 1. The van der Waals surface area contributed by atoms with Crippen LogP contribution < -0.4 is 5.32 Å². The number of nitrogens with zero attached hydrogens (tertiary/aromatic N) is 4. The van der Waals surface area contributed by atoms with Crippen LogP contribution in [0.25, 0.3) is 0 Å². The first kappa shape index (κ1) is 14.4. The van der Waals surface area contributed by atoms with E-state index in [9.17, 15) is 10.1 Å². The van der Waals surface area contributed by atoms with Crippen molar-refractivity contribution in [2.24, 2.45) is 0 Å². The van der Waals surface area contributed by atoms with Gasteiger partial charge in [-0.25, -0.2) is 0 Å². The Morgan fingerprint density at radius 3 is 2.71 bits per heavy atom. The summed E-state index contributed by atoms with van der Waals surface area (Å²) in [7, 11) is 0. The van der Waals surface area contributed by atoms with Gasteiger partial charge in [0, 0.05) is 18.5 Å². The highest BCUT2D eigenvalue weighted by atomic mass is 16.6. The number of nitro groups is 1. The Morgan fingerprint density at radius 2 is 2.10 bits per heavy atom. The molecule has 0 aliphatic carbocycles. The summed E-state index contributed by atoms with van der Waals surface area (Å²) in [4.78, 5) is 19.0. The van der Waals surface area contributed by atoms with Crippen LogP contribution in [-0.2, 0) is 0 Å². The van der Waals surface area contributed by atoms with Crippen LogP contribution >= 0.6 is 0 Å². The molecule has 0 saturated carbocycles. The molecule has 7 nitrogen and oxygen atoms in total. The zero-order chi connectivity index (χ0) is 15.4. The predicted molar refractivity (Wildman–Crippen MR) is 76.6 cm³/mol. The van der Waals surface area contributed by atoms with E-state index < -0.39 is 4.92 Å². The van der Waals surface area contributed by atoms with Gasteiger partial charge in [-0.15, -0.1) is 0 Å². The van der Waals surface area contributed by atoms with Crippen LogP contribution in [0.1, 0.15) is 29.9 Å². The van der Waals surface area contributed by atoms with Gasteiger partial charge in [-0.1, -0.05) is 0 Å². The van der Waals surface area contributed by atoms with Crippen molar-refractivity contribution in [3.05, 3.63) is 57.7 Å². The van der Waals surface area contributed by atoms with Gasteiger partial charge in [0.1, 0.15) is 5.69 Å². The lowest BCUT2D eigenvalue weighted by Crippen LogP contribution is -2.12. The molecule has 1 aromatic heterocycles. The highest BCUT2D eigenvalue weighted by molar-refractivity contribution is 5.64. The Morgan fingerprint density at radius 1 is 1.38 bits per heavy atom. The molecule has 0 fully saturated rings. The van der Waals surface area contributed by atoms with Crippen molar-refractivity contribution in [2.45, 2.75) is 19.9 Å². The van der Waals surface area contributed by atoms with Gasteiger partial charge in [0.15, 0.2) is 0 Å². The standard InChI is InChI=1S/C14H13N5O2/c1-9-14(17-6-5-16-9)10(2)18-12-4-3-11(8-15)7-13(12)19(20)21/h3-7,10,18H,1-2H3. The highest BCUT2D eigenvalue weighted by Crippen LogP contribution is 2.29. The topological polar surface area (TPSA) is 105 Å². The van der Waals surface area contributed by atoms with Gasteiger partial charge in [-0.05, 0) is 26.0 Å². The largest absolute Gasteiger partial charge is 0.371 e. The van der Waals surface area contributed by atoms with Crippen molar-refractivity contribution in [3.63, 3.8) is 0 Å². The first-order valence-corrected chi connectivity index (χ1v) is 6.25. The lowest BCUT2D eigenvalue weighted by atomic mass is 10.1. The lowest BCUT2D eigenvalue weighted by molar-refractivity contribution is -0.384. The Hall–Kier alpha value is -3.01. The predicted octanol–water partition coefficient (Wildman–Crippen LogP) is 2.74. The average molecular weight is 283 g/mol. The van der Waals surface area contributed by atoms with Gasteiger partial charge in [-0.3, -0.25) is 20.1 Å². The summed E-state index contributed by atoms with van der Waals surface area (Å²) < 4.78 is 0. The summed E-state index contributed by atoms with van der Waals surface area (Å²) in [6.45, 7) is 3.67. The molecule has 0 saturated heterocycles. The van der Waals surface area contributed by atoms with Gasteiger partial charge in [0.2, 0.25) is 0 Å². The van der Waals surface area contributed by atoms with E-state index in [2.05, 4.69) is 15.3 Å². The molecule has 0 aliphatic heterocycles. The number of nitro benzene ring substituents is 1. The summed E-state index contributed by atoms with van der Waals surface area (Å²) in [5.74, 6) is 0. The second-order valence-corrected chi connectivity index (χ2v) is 4.49. The first-order valence-electron chi connectivity index (χ1n) is 6.25. The molecule has 1 N–H and O–H groups in total. The van der Waals surface area contributed by atoms with Crippen LogP contribution in [-0.4, -0.2) is 14.9 Å². The van der Waals surface area contributed by atoms with E-state index in [0.717, 1.165) is 11.4 Å². The molecule has 0 radical (unpaired) electrons. The van der Waals surface area contributed by atoms with E-state index in [-0.39, 0.29) is 17.3 Å². The Bertz CT molecular complexity index is 724. The fraction of sp³-hybridized carbons (Fsp3) is 0.214. The van der Waals surface area contributed by atoms with Crippen LogP contribution in [0, 0.1) is 28.4 Å². The number of benzene rings is 1. The summed E-state index contributed by atoms with van der Waals surface area (Å²) in [5.41, 5.74) is 1.93. The molecule has 0 amide bonds. The van der Waals surface area contributed by atoms with E-state index in [1.807, 2.05) is 19.9 Å². The summed E-state index contributed by atoms with van der Waals surface area (Å²) in [5, 5.41) is 23.0. The SMILES string of the molecule is Cc1nccnc1C(C)Nc1ccc(C#N)cc1[N+](=O)[O-]. The lowest BCUT2D eigenvalue weighted by Gasteiger charge is -2.16. The van der Waals surface area contributed by atoms with E-state index in [4.69, 9.17) is 5.26 Å². The fourth-order valence-electron chi connectivity index (χ4n) is 2.02. The number of anilines is 1. The number of nitrogens with one attached hydrogen (secondary N) is 1. The maximum atomic E-state index is 11.1. The molecular weight excluding hydrogens is 270 g/mol. The number of hydrogen-bond donors (Lipinski definition) is 1. The quantitative estimate of drug-likeness (QED) is 0.683. The molecule has 0 spiro atoms. The van der Waals surface area contributed by atoms with Crippen LogP contribution in [0.4, 0.5) is 11.4 Å². The smallest absolute Gasteiger partial charge is 0.293 e. The van der Waals surface area contributed by atoms with Crippen molar-refractivity contribution in [1.29, 1.82) is 5.26 Å². The van der Waals surface area contributed by atoms with Crippen molar-refractivity contribution < 1.29 is 4.92 Å².